The molecule has 2 aromatic rings. The molecule has 0 bridgehead atoms. The summed E-state index contributed by atoms with van der Waals surface area (Å²) in [5, 5.41) is 2.57. The van der Waals surface area contributed by atoms with Gasteiger partial charge in [0.25, 0.3) is 0 Å². The van der Waals surface area contributed by atoms with Gasteiger partial charge in [0.05, 0.1) is 12.7 Å². The molecular formula is C18H17F2NO5. The fourth-order valence-electron chi connectivity index (χ4n) is 2.15. The molecular weight excluding hydrogens is 348 g/mol. The first-order valence-electron chi connectivity index (χ1n) is 7.55. The topological polar surface area (TPSA) is 73.9 Å². The minimum atomic E-state index is -2.97. The number of nitrogens with one attached hydrogen (secondary N) is 1. The number of anilines is 1. The summed E-state index contributed by atoms with van der Waals surface area (Å²) in [7, 11) is 1.32. The lowest BCUT2D eigenvalue weighted by atomic mass is 10.2. The van der Waals surface area contributed by atoms with Crippen molar-refractivity contribution in [3.63, 3.8) is 0 Å². The van der Waals surface area contributed by atoms with Crippen molar-refractivity contribution in [1.29, 1.82) is 0 Å². The molecule has 2 rings (SSSR count). The molecule has 0 unspecified atom stereocenters. The summed E-state index contributed by atoms with van der Waals surface area (Å²) >= 11 is 0. The number of carbonyl (C=O) groups excluding carboxylic acids is 2. The predicted octanol–water partition coefficient (Wildman–Crippen LogP) is 3.61. The van der Waals surface area contributed by atoms with E-state index >= 15 is 0 Å². The normalized spacial score (nSPS) is 10.3. The van der Waals surface area contributed by atoms with E-state index in [-0.39, 0.29) is 29.6 Å². The summed E-state index contributed by atoms with van der Waals surface area (Å²) in [4.78, 5) is 23.2. The fraction of sp³-hybridized carbons (Fsp3) is 0.222. The van der Waals surface area contributed by atoms with Crippen LogP contribution in [-0.4, -0.2) is 25.6 Å². The second-order valence-corrected chi connectivity index (χ2v) is 5.20. The Hall–Kier alpha value is -3.16. The van der Waals surface area contributed by atoms with E-state index in [1.807, 2.05) is 0 Å². The van der Waals surface area contributed by atoms with Crippen molar-refractivity contribution in [1.82, 2.24) is 0 Å². The molecule has 0 aromatic heterocycles. The molecule has 1 amide bonds. The average molecular weight is 365 g/mol. The van der Waals surface area contributed by atoms with Crippen LogP contribution in [0.3, 0.4) is 0 Å². The first-order chi connectivity index (χ1) is 12.4. The van der Waals surface area contributed by atoms with Crippen molar-refractivity contribution in [2.24, 2.45) is 0 Å². The summed E-state index contributed by atoms with van der Waals surface area (Å²) in [6.07, 6.45) is 0. The van der Waals surface area contributed by atoms with Crippen LogP contribution in [-0.2, 0) is 16.1 Å². The summed E-state index contributed by atoms with van der Waals surface area (Å²) < 4.78 is 39.2. The van der Waals surface area contributed by atoms with Gasteiger partial charge in [-0.1, -0.05) is 12.1 Å². The van der Waals surface area contributed by atoms with Gasteiger partial charge in [-0.05, 0) is 35.9 Å². The van der Waals surface area contributed by atoms with Crippen molar-refractivity contribution in [2.75, 3.05) is 12.4 Å². The molecule has 0 radical (unpaired) electrons. The van der Waals surface area contributed by atoms with E-state index in [9.17, 15) is 18.4 Å². The zero-order valence-corrected chi connectivity index (χ0v) is 14.1. The fourth-order valence-corrected chi connectivity index (χ4v) is 2.15. The van der Waals surface area contributed by atoms with Gasteiger partial charge in [-0.15, -0.1) is 0 Å². The number of alkyl halides is 2. The van der Waals surface area contributed by atoms with E-state index in [1.54, 1.807) is 18.2 Å². The van der Waals surface area contributed by atoms with E-state index in [0.29, 0.717) is 11.3 Å². The van der Waals surface area contributed by atoms with Crippen LogP contribution in [0.25, 0.3) is 0 Å². The Morgan fingerprint density at radius 1 is 1.12 bits per heavy atom. The van der Waals surface area contributed by atoms with Crippen molar-refractivity contribution >= 4 is 17.6 Å². The molecule has 0 aliphatic carbocycles. The van der Waals surface area contributed by atoms with Crippen LogP contribution in [0.5, 0.6) is 11.5 Å². The zero-order chi connectivity index (χ0) is 19.1. The summed E-state index contributed by atoms with van der Waals surface area (Å²) in [5.74, 6) is -0.857. The lowest BCUT2D eigenvalue weighted by Gasteiger charge is -2.12. The number of hydrogen-bond donors (Lipinski definition) is 1. The Kier molecular flexibility index (Phi) is 6.48. The van der Waals surface area contributed by atoms with Crippen molar-refractivity contribution in [3.8, 4) is 11.5 Å². The number of amides is 1. The van der Waals surface area contributed by atoms with E-state index in [1.165, 1.54) is 38.3 Å². The Labute approximate surface area is 148 Å². The standard InChI is InChI=1S/C18H17F2NO5/c1-11(22)21-14-5-3-4-13(9-14)17(23)25-10-12-6-7-15(26-18(19)20)16(8-12)24-2/h3-9,18H,10H2,1-2H3,(H,21,22). The Morgan fingerprint density at radius 3 is 2.54 bits per heavy atom. The van der Waals surface area contributed by atoms with Gasteiger partial charge in [-0.3, -0.25) is 4.79 Å². The lowest BCUT2D eigenvalue weighted by molar-refractivity contribution is -0.114. The van der Waals surface area contributed by atoms with Crippen LogP contribution in [0.2, 0.25) is 0 Å². The van der Waals surface area contributed by atoms with E-state index in [0.717, 1.165) is 0 Å². The van der Waals surface area contributed by atoms with Crippen LogP contribution in [0.1, 0.15) is 22.8 Å². The average Bonchev–Trinajstić information content (AvgIpc) is 2.59. The van der Waals surface area contributed by atoms with Gasteiger partial charge in [0.2, 0.25) is 5.91 Å². The van der Waals surface area contributed by atoms with Gasteiger partial charge in [0, 0.05) is 12.6 Å². The predicted molar refractivity (Wildman–Crippen MR) is 89.5 cm³/mol. The summed E-state index contributed by atoms with van der Waals surface area (Å²) in [6.45, 7) is -1.70. The maximum atomic E-state index is 12.3. The van der Waals surface area contributed by atoms with Crippen LogP contribution in [0.15, 0.2) is 42.5 Å². The molecule has 6 nitrogen and oxygen atoms in total. The third-order valence-corrected chi connectivity index (χ3v) is 3.23. The molecule has 0 atom stereocenters. The quantitative estimate of drug-likeness (QED) is 0.759. The maximum absolute atomic E-state index is 12.3. The minimum absolute atomic E-state index is 0.0888. The SMILES string of the molecule is COc1cc(COC(=O)c2cccc(NC(C)=O)c2)ccc1OC(F)F. The smallest absolute Gasteiger partial charge is 0.387 e. The Balaban J connectivity index is 2.04. The number of ether oxygens (including phenoxy) is 3. The molecule has 0 fully saturated rings. The van der Waals surface area contributed by atoms with Gasteiger partial charge in [-0.25, -0.2) is 4.79 Å². The molecule has 0 heterocycles. The van der Waals surface area contributed by atoms with Crippen molar-refractivity contribution < 1.29 is 32.6 Å². The van der Waals surface area contributed by atoms with E-state index < -0.39 is 12.6 Å². The van der Waals surface area contributed by atoms with Gasteiger partial charge in [0.15, 0.2) is 11.5 Å². The highest BCUT2D eigenvalue weighted by molar-refractivity contribution is 5.93. The summed E-state index contributed by atoms with van der Waals surface area (Å²) in [6, 6.07) is 10.5. The van der Waals surface area contributed by atoms with Crippen LogP contribution in [0.4, 0.5) is 14.5 Å². The van der Waals surface area contributed by atoms with E-state index in [2.05, 4.69) is 10.1 Å². The molecule has 0 aliphatic heterocycles. The molecule has 26 heavy (non-hydrogen) atoms. The molecule has 0 saturated heterocycles. The minimum Gasteiger partial charge on any atom is -0.493 e. The van der Waals surface area contributed by atoms with Gasteiger partial charge < -0.3 is 19.5 Å². The Morgan fingerprint density at radius 2 is 1.88 bits per heavy atom. The highest BCUT2D eigenvalue weighted by Crippen LogP contribution is 2.29. The molecule has 0 spiro atoms. The second kappa shape index (κ2) is 8.80. The van der Waals surface area contributed by atoms with E-state index in [4.69, 9.17) is 9.47 Å². The highest BCUT2D eigenvalue weighted by Gasteiger charge is 2.13. The van der Waals surface area contributed by atoms with Crippen LogP contribution < -0.4 is 14.8 Å². The number of methoxy groups -OCH3 is 1. The van der Waals surface area contributed by atoms with Crippen molar-refractivity contribution in [2.45, 2.75) is 20.1 Å². The molecule has 2 aromatic carbocycles. The largest absolute Gasteiger partial charge is 0.493 e. The Bertz CT molecular complexity index is 795. The first kappa shape index (κ1) is 19.2. The van der Waals surface area contributed by atoms with Gasteiger partial charge in [-0.2, -0.15) is 8.78 Å². The number of carbonyl (C=O) groups is 2. The lowest BCUT2D eigenvalue weighted by Crippen LogP contribution is -2.09. The maximum Gasteiger partial charge on any atom is 0.387 e. The zero-order valence-electron chi connectivity index (χ0n) is 14.1. The molecule has 0 saturated carbocycles. The third kappa shape index (κ3) is 5.44. The number of hydrogen-bond acceptors (Lipinski definition) is 5. The van der Waals surface area contributed by atoms with Gasteiger partial charge >= 0.3 is 12.6 Å². The third-order valence-electron chi connectivity index (χ3n) is 3.23. The summed E-state index contributed by atoms with van der Waals surface area (Å²) in [5.41, 5.74) is 1.28. The number of halogens is 2. The number of benzene rings is 2. The second-order valence-electron chi connectivity index (χ2n) is 5.20. The monoisotopic (exact) mass is 365 g/mol. The van der Waals surface area contributed by atoms with Crippen LogP contribution in [0, 0.1) is 0 Å². The number of esters is 1. The highest BCUT2D eigenvalue weighted by atomic mass is 19.3. The number of rotatable bonds is 7. The molecule has 8 heteroatoms. The van der Waals surface area contributed by atoms with Crippen LogP contribution >= 0.6 is 0 Å². The van der Waals surface area contributed by atoms with Crippen molar-refractivity contribution in [3.05, 3.63) is 53.6 Å². The molecule has 138 valence electrons. The molecule has 0 aliphatic rings. The molecule has 1 N–H and O–H groups in total. The van der Waals surface area contributed by atoms with Gasteiger partial charge in [0.1, 0.15) is 6.61 Å². The first-order valence-corrected chi connectivity index (χ1v) is 7.55.